The van der Waals surface area contributed by atoms with Gasteiger partial charge in [0, 0.05) is 24.7 Å². The maximum absolute atomic E-state index is 13.4. The molecule has 0 aliphatic heterocycles. The van der Waals surface area contributed by atoms with Crippen molar-refractivity contribution < 1.29 is 34.2 Å². The van der Waals surface area contributed by atoms with Crippen molar-refractivity contribution in [2.45, 2.75) is 70.1 Å². The Morgan fingerprint density at radius 1 is 0.949 bits per heavy atom. The second kappa shape index (κ2) is 15.2. The van der Waals surface area contributed by atoms with Crippen LogP contribution in [0.15, 0.2) is 42.9 Å². The number of nitrogens with zero attached hydrogens (tertiary/aromatic N) is 1. The molecule has 39 heavy (non-hydrogen) atoms. The lowest BCUT2D eigenvalue weighted by atomic mass is 9.96. The minimum atomic E-state index is -1.45. The Kier molecular flexibility index (Phi) is 12.1. The summed E-state index contributed by atoms with van der Waals surface area (Å²) in [5, 5.41) is 25.9. The Labute approximate surface area is 226 Å². The molecule has 0 aliphatic rings. The Morgan fingerprint density at radius 2 is 1.62 bits per heavy atom. The number of nitrogens with two attached hydrogens (primary N) is 1. The van der Waals surface area contributed by atoms with E-state index in [1.165, 1.54) is 12.5 Å². The van der Waals surface area contributed by atoms with Crippen LogP contribution in [0, 0.1) is 5.92 Å². The first kappa shape index (κ1) is 31.0. The fourth-order valence-corrected chi connectivity index (χ4v) is 3.81. The van der Waals surface area contributed by atoms with Gasteiger partial charge in [0.05, 0.1) is 12.4 Å². The normalized spacial score (nSPS) is 14.7. The van der Waals surface area contributed by atoms with Gasteiger partial charge in [0.15, 0.2) is 0 Å². The minimum Gasteiger partial charge on any atom is -0.481 e. The molecule has 212 valence electrons. The molecule has 0 saturated carbocycles. The fraction of sp³-hybridized carbons (Fsp3) is 0.462. The Balaban J connectivity index is 2.18. The van der Waals surface area contributed by atoms with E-state index in [4.69, 9.17) is 10.8 Å². The molecule has 0 saturated heterocycles. The maximum Gasteiger partial charge on any atom is 0.326 e. The number of amides is 3. The van der Waals surface area contributed by atoms with Crippen LogP contribution in [0.4, 0.5) is 0 Å². The lowest BCUT2D eigenvalue weighted by molar-refractivity contribution is -0.143. The number of nitrogens with one attached hydrogen (secondary N) is 4. The van der Waals surface area contributed by atoms with Gasteiger partial charge in [-0.2, -0.15) is 0 Å². The van der Waals surface area contributed by atoms with Crippen molar-refractivity contribution in [1.29, 1.82) is 0 Å². The Bertz CT molecular complexity index is 1110. The number of benzene rings is 1. The summed E-state index contributed by atoms with van der Waals surface area (Å²) in [7, 11) is 0. The average Bonchev–Trinajstić information content (AvgIpc) is 3.41. The van der Waals surface area contributed by atoms with E-state index >= 15 is 0 Å². The molecule has 0 spiro atoms. The first-order valence-electron chi connectivity index (χ1n) is 12.6. The van der Waals surface area contributed by atoms with Crippen LogP contribution in [0.25, 0.3) is 0 Å². The molecule has 2 rings (SSSR count). The number of hydrogen-bond acceptors (Lipinski definition) is 7. The molecule has 5 atom stereocenters. The number of carbonyl (C=O) groups is 5. The number of rotatable bonds is 16. The summed E-state index contributed by atoms with van der Waals surface area (Å²) in [5.41, 5.74) is 7.50. The van der Waals surface area contributed by atoms with Crippen molar-refractivity contribution in [2.75, 3.05) is 0 Å². The molecule has 13 nitrogen and oxygen atoms in total. The highest BCUT2D eigenvalue weighted by atomic mass is 16.4. The summed E-state index contributed by atoms with van der Waals surface area (Å²) in [6.07, 6.45) is 2.87. The van der Waals surface area contributed by atoms with E-state index in [1.54, 1.807) is 13.8 Å². The number of aromatic amines is 1. The molecule has 0 fully saturated rings. The van der Waals surface area contributed by atoms with Gasteiger partial charge < -0.3 is 36.9 Å². The third-order valence-corrected chi connectivity index (χ3v) is 6.30. The average molecular weight is 545 g/mol. The molecule has 1 aromatic heterocycles. The maximum atomic E-state index is 13.4. The van der Waals surface area contributed by atoms with E-state index < -0.39 is 66.2 Å². The number of aromatic nitrogens is 2. The van der Waals surface area contributed by atoms with E-state index in [-0.39, 0.29) is 19.3 Å². The van der Waals surface area contributed by atoms with Gasteiger partial charge in [-0.25, -0.2) is 9.78 Å². The molecule has 5 unspecified atom stereocenters. The second-order valence-corrected chi connectivity index (χ2v) is 9.34. The van der Waals surface area contributed by atoms with Crippen molar-refractivity contribution in [2.24, 2.45) is 11.7 Å². The van der Waals surface area contributed by atoms with Crippen molar-refractivity contribution in [3.8, 4) is 0 Å². The van der Waals surface area contributed by atoms with Gasteiger partial charge in [0.2, 0.25) is 17.7 Å². The van der Waals surface area contributed by atoms with Gasteiger partial charge >= 0.3 is 11.9 Å². The number of hydrogen-bond donors (Lipinski definition) is 7. The first-order chi connectivity index (χ1) is 18.5. The van der Waals surface area contributed by atoms with Gasteiger partial charge in [-0.3, -0.25) is 19.2 Å². The predicted octanol–water partition coefficient (Wildman–Crippen LogP) is -0.0279. The molecule has 2 aromatic rings. The topological polar surface area (TPSA) is 217 Å². The summed E-state index contributed by atoms with van der Waals surface area (Å²) in [5.74, 6) is -5.03. The highest BCUT2D eigenvalue weighted by molar-refractivity contribution is 5.94. The third-order valence-electron chi connectivity index (χ3n) is 6.30. The number of carboxylic acid groups (broad SMARTS) is 2. The van der Waals surface area contributed by atoms with Crippen molar-refractivity contribution in [3.63, 3.8) is 0 Å². The van der Waals surface area contributed by atoms with Crippen LogP contribution in [-0.2, 0) is 36.8 Å². The molecular formula is C26H36N6O7. The standard InChI is InChI=1S/C26H36N6O7/c1-3-15(2)22(25(37)30-19(26(38)39)9-10-21(33)34)32-24(36)20(12-17-13-28-14-29-17)31-23(35)18(27)11-16-7-5-4-6-8-16/h4-8,13-15,18-20,22H,3,9-12,27H2,1-2H3,(H,28,29)(H,30,37)(H,31,35)(H,32,36)(H,33,34)(H,38,39). The third kappa shape index (κ3) is 10.2. The highest BCUT2D eigenvalue weighted by Gasteiger charge is 2.33. The van der Waals surface area contributed by atoms with Crippen LogP contribution >= 0.6 is 0 Å². The smallest absolute Gasteiger partial charge is 0.326 e. The Morgan fingerprint density at radius 3 is 2.18 bits per heavy atom. The number of imidazole rings is 1. The lowest BCUT2D eigenvalue weighted by Crippen LogP contribution is -2.59. The molecule has 8 N–H and O–H groups in total. The van der Waals surface area contributed by atoms with Gasteiger partial charge in [0.1, 0.15) is 18.1 Å². The summed E-state index contributed by atoms with van der Waals surface area (Å²) in [6, 6.07) is 4.49. The van der Waals surface area contributed by atoms with Crippen molar-refractivity contribution in [1.82, 2.24) is 25.9 Å². The number of H-pyrrole nitrogens is 1. The second-order valence-electron chi connectivity index (χ2n) is 9.34. The molecule has 0 bridgehead atoms. The molecular weight excluding hydrogens is 508 g/mol. The zero-order chi connectivity index (χ0) is 28.9. The monoisotopic (exact) mass is 544 g/mol. The van der Waals surface area contributed by atoms with Crippen LogP contribution in [0.3, 0.4) is 0 Å². The van der Waals surface area contributed by atoms with E-state index in [0.717, 1.165) is 5.56 Å². The summed E-state index contributed by atoms with van der Waals surface area (Å²) < 4.78 is 0. The van der Waals surface area contributed by atoms with Crippen molar-refractivity contribution >= 4 is 29.7 Å². The van der Waals surface area contributed by atoms with Crippen LogP contribution < -0.4 is 21.7 Å². The van der Waals surface area contributed by atoms with Crippen LogP contribution in [0.1, 0.15) is 44.4 Å². The fourth-order valence-electron chi connectivity index (χ4n) is 3.81. The first-order valence-corrected chi connectivity index (χ1v) is 12.6. The minimum absolute atomic E-state index is 0.0286. The summed E-state index contributed by atoms with van der Waals surface area (Å²) in [6.45, 7) is 3.50. The van der Waals surface area contributed by atoms with Gasteiger partial charge in [-0.15, -0.1) is 0 Å². The molecule has 1 aromatic carbocycles. The number of carboxylic acids is 2. The highest BCUT2D eigenvalue weighted by Crippen LogP contribution is 2.11. The molecule has 3 amide bonds. The van der Waals surface area contributed by atoms with Crippen LogP contribution in [-0.4, -0.2) is 74.0 Å². The van der Waals surface area contributed by atoms with E-state index in [1.807, 2.05) is 30.3 Å². The van der Waals surface area contributed by atoms with E-state index in [2.05, 4.69) is 25.9 Å². The van der Waals surface area contributed by atoms with Crippen LogP contribution in [0.5, 0.6) is 0 Å². The Hall–Kier alpha value is -4.26. The summed E-state index contributed by atoms with van der Waals surface area (Å²) in [4.78, 5) is 68.6. The number of carbonyl (C=O) groups excluding carboxylic acids is 3. The largest absolute Gasteiger partial charge is 0.481 e. The van der Waals surface area contributed by atoms with Gasteiger partial charge in [-0.05, 0) is 24.3 Å². The molecule has 13 heteroatoms. The van der Waals surface area contributed by atoms with Gasteiger partial charge in [0.25, 0.3) is 0 Å². The number of aliphatic carboxylic acids is 2. The van der Waals surface area contributed by atoms with Crippen molar-refractivity contribution in [3.05, 3.63) is 54.1 Å². The van der Waals surface area contributed by atoms with Crippen LogP contribution in [0.2, 0.25) is 0 Å². The summed E-state index contributed by atoms with van der Waals surface area (Å²) >= 11 is 0. The zero-order valence-electron chi connectivity index (χ0n) is 21.9. The SMILES string of the molecule is CCC(C)C(NC(=O)C(Cc1cnc[nH]1)NC(=O)C(N)Cc1ccccc1)C(=O)NC(CCC(=O)O)C(=O)O. The quantitative estimate of drug-likeness (QED) is 0.151. The predicted molar refractivity (Wildman–Crippen MR) is 140 cm³/mol. The van der Waals surface area contributed by atoms with E-state index in [0.29, 0.717) is 12.1 Å². The molecule has 0 radical (unpaired) electrons. The zero-order valence-corrected chi connectivity index (χ0v) is 21.9. The van der Waals surface area contributed by atoms with E-state index in [9.17, 15) is 29.1 Å². The molecule has 1 heterocycles. The lowest BCUT2D eigenvalue weighted by Gasteiger charge is -2.28. The molecule has 0 aliphatic carbocycles. The van der Waals surface area contributed by atoms with Gasteiger partial charge in [-0.1, -0.05) is 50.6 Å².